The molecule has 5 nitrogen and oxygen atoms in total. The van der Waals surface area contributed by atoms with Crippen molar-refractivity contribution in [2.24, 2.45) is 0 Å². The van der Waals surface area contributed by atoms with E-state index in [4.69, 9.17) is 37.7 Å². The molecule has 2 aromatic carbocycles. The van der Waals surface area contributed by atoms with E-state index in [-0.39, 0.29) is 0 Å². The zero-order valence-corrected chi connectivity index (χ0v) is 19.8. The van der Waals surface area contributed by atoms with Crippen LogP contribution in [0.1, 0.15) is 25.7 Å². The van der Waals surface area contributed by atoms with Gasteiger partial charge in [0, 0.05) is 23.9 Å². The molecule has 2 aliphatic heterocycles. The van der Waals surface area contributed by atoms with Crippen LogP contribution in [-0.2, 0) is 0 Å². The number of benzene rings is 2. The van der Waals surface area contributed by atoms with E-state index in [1.54, 1.807) is 0 Å². The lowest BCUT2D eigenvalue weighted by Gasteiger charge is -2.17. The molecular weight excluding hydrogens is 445 g/mol. The van der Waals surface area contributed by atoms with Gasteiger partial charge in [0.05, 0.1) is 11.0 Å². The minimum Gasteiger partial charge on any atom is -0.491 e. The van der Waals surface area contributed by atoms with Crippen LogP contribution in [-0.4, -0.2) is 67.3 Å². The predicted octanol–water partition coefficient (Wildman–Crippen LogP) is 5.64. The van der Waals surface area contributed by atoms with Crippen molar-refractivity contribution >= 4 is 45.0 Å². The number of halogens is 2. The van der Waals surface area contributed by atoms with Crippen LogP contribution in [0.15, 0.2) is 30.3 Å². The highest BCUT2D eigenvalue weighted by Crippen LogP contribution is 2.37. The molecule has 0 atom stereocenters. The number of nitrogens with zero attached hydrogens (tertiary/aromatic N) is 3. The van der Waals surface area contributed by atoms with Gasteiger partial charge < -0.3 is 9.47 Å². The average molecular weight is 474 g/mol. The molecule has 7 heteroatoms. The summed E-state index contributed by atoms with van der Waals surface area (Å²) in [5.41, 5.74) is 1.41. The van der Waals surface area contributed by atoms with Gasteiger partial charge in [0.1, 0.15) is 34.8 Å². The zero-order valence-electron chi connectivity index (χ0n) is 18.3. The van der Waals surface area contributed by atoms with E-state index < -0.39 is 0 Å². The molecule has 170 valence electrons. The number of aromatic nitrogens is 1. The van der Waals surface area contributed by atoms with Crippen LogP contribution >= 0.6 is 23.2 Å². The summed E-state index contributed by atoms with van der Waals surface area (Å²) in [7, 11) is 0. The number of hydrogen-bond acceptors (Lipinski definition) is 5. The minimum absolute atomic E-state index is 0.530. The summed E-state index contributed by atoms with van der Waals surface area (Å²) >= 11 is 13.4. The molecule has 3 heterocycles. The second-order valence-electron chi connectivity index (χ2n) is 8.68. The third-order valence-electron chi connectivity index (χ3n) is 6.49. The molecule has 2 fully saturated rings. The Bertz CT molecular complexity index is 1010. The van der Waals surface area contributed by atoms with Crippen LogP contribution in [0.2, 0.25) is 10.0 Å². The van der Waals surface area contributed by atoms with Crippen molar-refractivity contribution in [3.05, 3.63) is 40.4 Å². The van der Waals surface area contributed by atoms with Crippen molar-refractivity contribution in [1.82, 2.24) is 14.8 Å². The maximum absolute atomic E-state index is 6.70. The number of fused-ring (bicyclic) bond motifs is 2. The Morgan fingerprint density at radius 2 is 1.12 bits per heavy atom. The molecule has 0 unspecified atom stereocenters. The molecule has 3 aromatic rings. The first kappa shape index (κ1) is 22.0. The number of pyridine rings is 1. The minimum atomic E-state index is 0.530. The van der Waals surface area contributed by atoms with Gasteiger partial charge in [-0.1, -0.05) is 23.2 Å². The summed E-state index contributed by atoms with van der Waals surface area (Å²) < 4.78 is 12.0. The second-order valence-corrected chi connectivity index (χ2v) is 9.44. The number of ether oxygens (including phenoxy) is 2. The van der Waals surface area contributed by atoms with E-state index in [1.807, 2.05) is 24.3 Å². The summed E-state index contributed by atoms with van der Waals surface area (Å²) in [5.74, 6) is 1.33. The molecule has 2 saturated heterocycles. The Labute approximate surface area is 199 Å². The van der Waals surface area contributed by atoms with Crippen LogP contribution < -0.4 is 9.47 Å². The van der Waals surface area contributed by atoms with E-state index in [1.165, 1.54) is 25.7 Å². The standard InChI is InChI=1S/C25H29Cl2N3O2/c26-22-20(31-15-13-29-9-1-2-10-29)7-5-18-17-19-6-8-21(23(27)25(19)28-24(18)22)32-16-14-30-11-3-4-12-30/h5-8,17H,1-4,9-16H2. The van der Waals surface area contributed by atoms with Crippen molar-refractivity contribution in [2.45, 2.75) is 25.7 Å². The van der Waals surface area contributed by atoms with Crippen molar-refractivity contribution in [2.75, 3.05) is 52.5 Å². The van der Waals surface area contributed by atoms with Crippen LogP contribution in [0.25, 0.3) is 21.8 Å². The largest absolute Gasteiger partial charge is 0.491 e. The highest BCUT2D eigenvalue weighted by molar-refractivity contribution is 6.38. The van der Waals surface area contributed by atoms with Gasteiger partial charge in [0.2, 0.25) is 0 Å². The third kappa shape index (κ3) is 4.76. The van der Waals surface area contributed by atoms with Gasteiger partial charge in [0.25, 0.3) is 0 Å². The summed E-state index contributed by atoms with van der Waals surface area (Å²) in [6, 6.07) is 9.94. The number of likely N-dealkylation sites (tertiary alicyclic amines) is 2. The van der Waals surface area contributed by atoms with Gasteiger partial charge in [-0.25, -0.2) is 4.98 Å². The van der Waals surface area contributed by atoms with Gasteiger partial charge in [-0.15, -0.1) is 0 Å². The molecule has 0 bridgehead atoms. The van der Waals surface area contributed by atoms with E-state index in [2.05, 4.69) is 15.9 Å². The Kier molecular flexibility index (Phi) is 6.88. The van der Waals surface area contributed by atoms with Crippen LogP contribution in [0.4, 0.5) is 0 Å². The monoisotopic (exact) mass is 473 g/mol. The first-order valence-electron chi connectivity index (χ1n) is 11.6. The first-order valence-corrected chi connectivity index (χ1v) is 12.4. The van der Waals surface area contributed by atoms with Crippen molar-refractivity contribution in [1.29, 1.82) is 0 Å². The molecular formula is C25H29Cl2N3O2. The number of rotatable bonds is 8. The first-order chi connectivity index (χ1) is 15.7. The molecule has 1 aromatic heterocycles. The highest BCUT2D eigenvalue weighted by Gasteiger charge is 2.16. The Morgan fingerprint density at radius 1 is 0.688 bits per heavy atom. The normalized spacial score (nSPS) is 17.6. The van der Waals surface area contributed by atoms with E-state index in [9.17, 15) is 0 Å². The fraction of sp³-hybridized carbons (Fsp3) is 0.480. The van der Waals surface area contributed by atoms with Gasteiger partial charge in [-0.2, -0.15) is 0 Å². The maximum Gasteiger partial charge on any atom is 0.140 e. The summed E-state index contributed by atoms with van der Waals surface area (Å²) in [5, 5.41) is 2.99. The summed E-state index contributed by atoms with van der Waals surface area (Å²) in [4.78, 5) is 9.67. The van der Waals surface area contributed by atoms with Gasteiger partial charge >= 0.3 is 0 Å². The van der Waals surface area contributed by atoms with E-state index in [0.29, 0.717) is 45.8 Å². The second kappa shape index (κ2) is 10.0. The van der Waals surface area contributed by atoms with Gasteiger partial charge in [-0.05, 0) is 82.2 Å². The fourth-order valence-corrected chi connectivity index (χ4v) is 5.20. The lowest BCUT2D eigenvalue weighted by atomic mass is 10.1. The van der Waals surface area contributed by atoms with Crippen LogP contribution in [0.3, 0.4) is 0 Å². The Balaban J connectivity index is 1.34. The molecule has 0 amide bonds. The quantitative estimate of drug-likeness (QED) is 0.395. The van der Waals surface area contributed by atoms with Gasteiger partial charge in [0.15, 0.2) is 0 Å². The average Bonchev–Trinajstić information content (AvgIpc) is 3.51. The number of hydrogen-bond donors (Lipinski definition) is 0. The predicted molar refractivity (Wildman–Crippen MR) is 132 cm³/mol. The topological polar surface area (TPSA) is 37.8 Å². The molecule has 2 aliphatic rings. The van der Waals surface area contributed by atoms with Crippen molar-refractivity contribution in [3.63, 3.8) is 0 Å². The van der Waals surface area contributed by atoms with Crippen molar-refractivity contribution < 1.29 is 9.47 Å². The lowest BCUT2D eigenvalue weighted by Crippen LogP contribution is -2.25. The smallest absolute Gasteiger partial charge is 0.140 e. The molecule has 0 saturated carbocycles. The molecule has 5 rings (SSSR count). The molecule has 0 aliphatic carbocycles. The summed E-state index contributed by atoms with van der Waals surface area (Å²) in [6.07, 6.45) is 5.10. The molecule has 32 heavy (non-hydrogen) atoms. The Morgan fingerprint density at radius 3 is 1.56 bits per heavy atom. The third-order valence-corrected chi connectivity index (χ3v) is 7.22. The molecule has 0 N–H and O–H groups in total. The van der Waals surface area contributed by atoms with E-state index in [0.717, 1.165) is 50.0 Å². The SMILES string of the molecule is Clc1c(OCCN2CCCC2)ccc2cc3ccc(OCCN4CCCC4)c(Cl)c3nc12. The fourth-order valence-electron chi connectivity index (χ4n) is 4.67. The van der Waals surface area contributed by atoms with Crippen LogP contribution in [0, 0.1) is 0 Å². The molecule has 0 spiro atoms. The van der Waals surface area contributed by atoms with E-state index >= 15 is 0 Å². The molecule has 0 radical (unpaired) electrons. The highest BCUT2D eigenvalue weighted by atomic mass is 35.5. The lowest BCUT2D eigenvalue weighted by molar-refractivity contribution is 0.238. The Hall–Kier alpha value is -1.79. The van der Waals surface area contributed by atoms with Crippen LogP contribution in [0.5, 0.6) is 11.5 Å². The van der Waals surface area contributed by atoms with Gasteiger partial charge in [-0.3, -0.25) is 9.80 Å². The van der Waals surface area contributed by atoms with Crippen molar-refractivity contribution in [3.8, 4) is 11.5 Å². The maximum atomic E-state index is 6.70. The zero-order chi connectivity index (χ0) is 21.9. The summed E-state index contributed by atoms with van der Waals surface area (Å²) in [6.45, 7) is 7.70.